The van der Waals surface area contributed by atoms with Crippen molar-refractivity contribution >= 4 is 33.7 Å². The van der Waals surface area contributed by atoms with E-state index < -0.39 is 0 Å². The van der Waals surface area contributed by atoms with E-state index >= 15 is 0 Å². The number of anilines is 1. The Labute approximate surface area is 88.6 Å². The first-order chi connectivity index (χ1) is 6.75. The van der Waals surface area contributed by atoms with Gasteiger partial charge in [-0.05, 0) is 18.4 Å². The molecule has 0 radical (unpaired) electrons. The highest BCUT2D eigenvalue weighted by Crippen LogP contribution is 2.15. The van der Waals surface area contributed by atoms with Gasteiger partial charge in [0.05, 0.1) is 5.56 Å². The summed E-state index contributed by atoms with van der Waals surface area (Å²) in [6.45, 7) is 1.85. The summed E-state index contributed by atoms with van der Waals surface area (Å²) in [7, 11) is 0. The van der Waals surface area contributed by atoms with Crippen LogP contribution in [0.2, 0.25) is 0 Å². The van der Waals surface area contributed by atoms with Crippen molar-refractivity contribution in [2.75, 3.05) is 5.32 Å². The number of aromatic nitrogens is 2. The predicted octanol–water partition coefficient (Wildman–Crippen LogP) is 2.16. The number of hydrogen-bond donors (Lipinski definition) is 1. The van der Waals surface area contributed by atoms with E-state index in [2.05, 4.69) is 15.5 Å². The summed E-state index contributed by atoms with van der Waals surface area (Å²) in [4.78, 5) is 11.5. The standard InChI is InChI=1S/C8H7N3OS2/c1-5-10-11-8(14-5)9-7(12)6-2-3-13-4-6/h2-4H,1H3,(H,9,11,12). The van der Waals surface area contributed by atoms with E-state index in [4.69, 9.17) is 0 Å². The van der Waals surface area contributed by atoms with Gasteiger partial charge in [0.15, 0.2) is 0 Å². The van der Waals surface area contributed by atoms with Crippen LogP contribution < -0.4 is 5.32 Å². The number of carbonyl (C=O) groups excluding carboxylic acids is 1. The molecule has 0 spiro atoms. The van der Waals surface area contributed by atoms with Gasteiger partial charge in [-0.25, -0.2) is 0 Å². The lowest BCUT2D eigenvalue weighted by molar-refractivity contribution is 0.102. The first-order valence-corrected chi connectivity index (χ1v) is 5.65. The van der Waals surface area contributed by atoms with Gasteiger partial charge in [0.2, 0.25) is 5.13 Å². The zero-order valence-electron chi connectivity index (χ0n) is 7.35. The minimum atomic E-state index is -0.137. The number of nitrogens with one attached hydrogen (secondary N) is 1. The average molecular weight is 225 g/mol. The molecule has 0 saturated carbocycles. The Balaban J connectivity index is 2.09. The fraction of sp³-hybridized carbons (Fsp3) is 0.125. The van der Waals surface area contributed by atoms with Crippen LogP contribution in [-0.2, 0) is 0 Å². The molecule has 1 amide bonds. The minimum Gasteiger partial charge on any atom is -0.296 e. The molecule has 0 aliphatic rings. The summed E-state index contributed by atoms with van der Waals surface area (Å²) in [5, 5.41) is 15.3. The Morgan fingerprint density at radius 2 is 2.36 bits per heavy atom. The van der Waals surface area contributed by atoms with Gasteiger partial charge in [0.25, 0.3) is 5.91 Å². The molecule has 0 aromatic carbocycles. The summed E-state index contributed by atoms with van der Waals surface area (Å²) in [6.07, 6.45) is 0. The molecule has 0 bridgehead atoms. The molecule has 1 N–H and O–H groups in total. The number of rotatable bonds is 2. The topological polar surface area (TPSA) is 54.9 Å². The lowest BCUT2D eigenvalue weighted by Crippen LogP contribution is -2.10. The number of carbonyl (C=O) groups is 1. The molecule has 0 atom stereocenters. The zero-order valence-corrected chi connectivity index (χ0v) is 8.98. The Morgan fingerprint density at radius 1 is 1.50 bits per heavy atom. The maximum Gasteiger partial charge on any atom is 0.258 e. The number of thiophene rings is 1. The first kappa shape index (κ1) is 9.29. The molecule has 2 heterocycles. The van der Waals surface area contributed by atoms with E-state index in [0.717, 1.165) is 5.01 Å². The Morgan fingerprint density at radius 3 is 2.93 bits per heavy atom. The molecule has 2 aromatic rings. The first-order valence-electron chi connectivity index (χ1n) is 3.89. The summed E-state index contributed by atoms with van der Waals surface area (Å²) < 4.78 is 0. The van der Waals surface area contributed by atoms with Gasteiger partial charge in [-0.1, -0.05) is 11.3 Å². The van der Waals surface area contributed by atoms with E-state index in [0.29, 0.717) is 10.7 Å². The molecular weight excluding hydrogens is 218 g/mol. The van der Waals surface area contributed by atoms with Crippen LogP contribution in [0.4, 0.5) is 5.13 Å². The van der Waals surface area contributed by atoms with Gasteiger partial charge in [-0.3, -0.25) is 10.1 Å². The summed E-state index contributed by atoms with van der Waals surface area (Å²) >= 11 is 2.85. The third kappa shape index (κ3) is 1.97. The smallest absolute Gasteiger partial charge is 0.258 e. The molecule has 6 heteroatoms. The van der Waals surface area contributed by atoms with Gasteiger partial charge in [0, 0.05) is 5.38 Å². The Hall–Kier alpha value is -1.27. The van der Waals surface area contributed by atoms with Gasteiger partial charge in [-0.2, -0.15) is 11.3 Å². The van der Waals surface area contributed by atoms with E-state index in [1.807, 2.05) is 12.3 Å². The Bertz CT molecular complexity index is 435. The van der Waals surface area contributed by atoms with Crippen molar-refractivity contribution in [1.82, 2.24) is 10.2 Å². The number of amides is 1. The number of hydrogen-bond acceptors (Lipinski definition) is 5. The SMILES string of the molecule is Cc1nnc(NC(=O)c2ccsc2)s1. The summed E-state index contributed by atoms with van der Waals surface area (Å²) in [5.41, 5.74) is 0.655. The highest BCUT2D eigenvalue weighted by molar-refractivity contribution is 7.15. The second-order valence-electron chi connectivity index (χ2n) is 2.59. The number of nitrogens with zero attached hydrogens (tertiary/aromatic N) is 2. The molecule has 14 heavy (non-hydrogen) atoms. The summed E-state index contributed by atoms with van der Waals surface area (Å²) in [6, 6.07) is 1.77. The van der Waals surface area contributed by atoms with E-state index in [1.165, 1.54) is 22.7 Å². The monoisotopic (exact) mass is 225 g/mol. The van der Waals surface area contributed by atoms with Gasteiger partial charge in [-0.15, -0.1) is 10.2 Å². The molecule has 0 aliphatic carbocycles. The molecule has 0 aliphatic heterocycles. The van der Waals surface area contributed by atoms with Crippen molar-refractivity contribution in [1.29, 1.82) is 0 Å². The second-order valence-corrected chi connectivity index (χ2v) is 4.55. The van der Waals surface area contributed by atoms with Gasteiger partial charge < -0.3 is 0 Å². The summed E-state index contributed by atoms with van der Waals surface area (Å²) in [5.74, 6) is -0.137. The third-order valence-corrected chi connectivity index (χ3v) is 2.97. The van der Waals surface area contributed by atoms with Crippen molar-refractivity contribution in [2.24, 2.45) is 0 Å². The largest absolute Gasteiger partial charge is 0.296 e. The fourth-order valence-corrected chi connectivity index (χ4v) is 2.13. The van der Waals surface area contributed by atoms with Crippen LogP contribution in [0, 0.1) is 6.92 Å². The van der Waals surface area contributed by atoms with Gasteiger partial charge >= 0.3 is 0 Å². The zero-order chi connectivity index (χ0) is 9.97. The highest BCUT2D eigenvalue weighted by atomic mass is 32.1. The minimum absolute atomic E-state index is 0.137. The van der Waals surface area contributed by atoms with Gasteiger partial charge in [0.1, 0.15) is 5.01 Å². The van der Waals surface area contributed by atoms with Crippen LogP contribution in [0.25, 0.3) is 0 Å². The van der Waals surface area contributed by atoms with Crippen LogP contribution in [0.1, 0.15) is 15.4 Å². The third-order valence-electron chi connectivity index (χ3n) is 1.53. The maximum atomic E-state index is 11.5. The van der Waals surface area contributed by atoms with Crippen molar-refractivity contribution in [3.8, 4) is 0 Å². The van der Waals surface area contributed by atoms with Crippen LogP contribution in [0.5, 0.6) is 0 Å². The lowest BCUT2D eigenvalue weighted by atomic mass is 10.3. The van der Waals surface area contributed by atoms with Crippen LogP contribution in [0.3, 0.4) is 0 Å². The molecule has 0 saturated heterocycles. The van der Waals surface area contributed by atoms with Crippen molar-refractivity contribution in [2.45, 2.75) is 6.92 Å². The van der Waals surface area contributed by atoms with E-state index in [1.54, 1.807) is 11.4 Å². The van der Waals surface area contributed by atoms with Crippen LogP contribution >= 0.6 is 22.7 Å². The quantitative estimate of drug-likeness (QED) is 0.852. The second kappa shape index (κ2) is 3.85. The molecular formula is C8H7N3OS2. The fourth-order valence-electron chi connectivity index (χ4n) is 0.910. The molecule has 0 fully saturated rings. The van der Waals surface area contributed by atoms with Crippen LogP contribution in [-0.4, -0.2) is 16.1 Å². The number of aryl methyl sites for hydroxylation is 1. The molecule has 4 nitrogen and oxygen atoms in total. The molecule has 2 aromatic heterocycles. The predicted molar refractivity (Wildman–Crippen MR) is 56.9 cm³/mol. The van der Waals surface area contributed by atoms with Crippen LogP contribution in [0.15, 0.2) is 16.8 Å². The normalized spacial score (nSPS) is 10.1. The molecule has 2 rings (SSSR count). The molecule has 72 valence electrons. The van der Waals surface area contributed by atoms with Crippen molar-refractivity contribution in [3.63, 3.8) is 0 Å². The maximum absolute atomic E-state index is 11.5. The van der Waals surface area contributed by atoms with E-state index in [9.17, 15) is 4.79 Å². The molecule has 0 unspecified atom stereocenters. The van der Waals surface area contributed by atoms with Crippen molar-refractivity contribution in [3.05, 3.63) is 27.4 Å². The Kier molecular flexibility index (Phi) is 2.55. The average Bonchev–Trinajstić information content (AvgIpc) is 2.75. The van der Waals surface area contributed by atoms with E-state index in [-0.39, 0.29) is 5.91 Å². The van der Waals surface area contributed by atoms with Crippen molar-refractivity contribution < 1.29 is 4.79 Å². The lowest BCUT2D eigenvalue weighted by Gasteiger charge is -1.96. The highest BCUT2D eigenvalue weighted by Gasteiger charge is 2.08.